The third-order valence-electron chi connectivity index (χ3n) is 6.98. The maximum absolute atomic E-state index is 13.0. The Balaban J connectivity index is 1.31. The van der Waals surface area contributed by atoms with Crippen LogP contribution in [0.2, 0.25) is 5.02 Å². The summed E-state index contributed by atoms with van der Waals surface area (Å²) < 4.78 is 0. The second-order valence-corrected chi connectivity index (χ2v) is 10.7. The van der Waals surface area contributed by atoms with Gasteiger partial charge in [-0.1, -0.05) is 30.2 Å². The molecule has 0 N–H and O–H groups in total. The molecule has 7 heteroatoms. The number of hydrogen-bond donors (Lipinski definition) is 0. The summed E-state index contributed by atoms with van der Waals surface area (Å²) in [6.45, 7) is 2.94. The van der Waals surface area contributed by atoms with Gasteiger partial charge in [-0.15, -0.1) is 11.3 Å². The van der Waals surface area contributed by atoms with Gasteiger partial charge in [0.25, 0.3) is 5.91 Å². The molecule has 2 fully saturated rings. The highest BCUT2D eigenvalue weighted by Gasteiger charge is 2.32. The van der Waals surface area contributed by atoms with E-state index in [1.807, 2.05) is 34.4 Å². The minimum Gasteiger partial charge on any atom is -0.352 e. The second-order valence-electron chi connectivity index (χ2n) is 9.18. The molecule has 3 aliphatic rings. The number of fused-ring (bicyclic) bond motifs is 3. The van der Waals surface area contributed by atoms with Gasteiger partial charge in [0.2, 0.25) is 0 Å². The number of nitrogens with zero attached hydrogens (tertiary/aromatic N) is 4. The second kappa shape index (κ2) is 8.31. The summed E-state index contributed by atoms with van der Waals surface area (Å²) in [5, 5.41) is 1.81. The number of benzene rings is 1. The molecule has 6 rings (SSSR count). The highest BCUT2D eigenvalue weighted by atomic mass is 35.5. The van der Waals surface area contributed by atoms with Crippen molar-refractivity contribution in [2.24, 2.45) is 0 Å². The number of carbonyl (C=O) groups excluding carboxylic acids is 1. The maximum atomic E-state index is 13.0. The van der Waals surface area contributed by atoms with Crippen molar-refractivity contribution in [2.75, 3.05) is 31.1 Å². The van der Waals surface area contributed by atoms with E-state index in [1.165, 1.54) is 59.2 Å². The fourth-order valence-corrected chi connectivity index (χ4v) is 6.49. The molecule has 2 aliphatic carbocycles. The molecule has 0 unspecified atom stereocenters. The van der Waals surface area contributed by atoms with Crippen molar-refractivity contribution in [3.8, 4) is 0 Å². The molecule has 0 bridgehead atoms. The summed E-state index contributed by atoms with van der Waals surface area (Å²) in [6.07, 6.45) is 8.56. The summed E-state index contributed by atoms with van der Waals surface area (Å²) >= 11 is 8.17. The van der Waals surface area contributed by atoms with E-state index in [0.717, 1.165) is 31.2 Å². The van der Waals surface area contributed by atoms with Crippen LogP contribution < -0.4 is 4.90 Å². The van der Waals surface area contributed by atoms with Crippen molar-refractivity contribution in [2.45, 2.75) is 50.9 Å². The van der Waals surface area contributed by atoms with Gasteiger partial charge in [-0.3, -0.25) is 4.79 Å². The minimum absolute atomic E-state index is 0.0196. The van der Waals surface area contributed by atoms with Crippen LogP contribution in [0, 0.1) is 0 Å². The first-order valence-electron chi connectivity index (χ1n) is 11.8. The van der Waals surface area contributed by atoms with Gasteiger partial charge in [0.15, 0.2) is 0 Å². The molecule has 0 spiro atoms. The van der Waals surface area contributed by atoms with Gasteiger partial charge >= 0.3 is 0 Å². The predicted molar refractivity (Wildman–Crippen MR) is 130 cm³/mol. The van der Waals surface area contributed by atoms with Gasteiger partial charge in [-0.05, 0) is 56.2 Å². The SMILES string of the molecule is O=C(c1ccccc1Cl)N1CCN(c2nc(C3CC3)nc3sc4c(c23)CCCCC4)CC1. The van der Waals surface area contributed by atoms with Crippen molar-refractivity contribution in [3.63, 3.8) is 0 Å². The molecule has 32 heavy (non-hydrogen) atoms. The number of anilines is 1. The summed E-state index contributed by atoms with van der Waals surface area (Å²) in [5.74, 6) is 2.69. The number of aryl methyl sites for hydroxylation is 2. The van der Waals surface area contributed by atoms with Crippen LogP contribution in [-0.4, -0.2) is 47.0 Å². The fourth-order valence-electron chi connectivity index (χ4n) is 5.01. The summed E-state index contributed by atoms with van der Waals surface area (Å²) in [7, 11) is 0. The monoisotopic (exact) mass is 466 g/mol. The van der Waals surface area contributed by atoms with E-state index in [2.05, 4.69) is 4.90 Å². The molecule has 1 saturated carbocycles. The molecular formula is C25H27ClN4OS. The quantitative estimate of drug-likeness (QED) is 0.481. The highest BCUT2D eigenvalue weighted by molar-refractivity contribution is 7.19. The zero-order valence-electron chi connectivity index (χ0n) is 18.1. The van der Waals surface area contributed by atoms with Gasteiger partial charge in [0.05, 0.1) is 16.0 Å². The Morgan fingerprint density at radius 2 is 1.78 bits per heavy atom. The van der Waals surface area contributed by atoms with Crippen LogP contribution in [0.15, 0.2) is 24.3 Å². The van der Waals surface area contributed by atoms with E-state index >= 15 is 0 Å². The van der Waals surface area contributed by atoms with E-state index < -0.39 is 0 Å². The zero-order chi connectivity index (χ0) is 21.7. The van der Waals surface area contributed by atoms with Gasteiger partial charge in [-0.25, -0.2) is 9.97 Å². The highest BCUT2D eigenvalue weighted by Crippen LogP contribution is 2.44. The third kappa shape index (κ3) is 3.67. The van der Waals surface area contributed by atoms with Crippen LogP contribution in [0.25, 0.3) is 10.2 Å². The van der Waals surface area contributed by atoms with Crippen molar-refractivity contribution >= 4 is 44.9 Å². The minimum atomic E-state index is 0.0196. The van der Waals surface area contributed by atoms with E-state index in [0.29, 0.717) is 29.6 Å². The van der Waals surface area contributed by atoms with Crippen molar-refractivity contribution in [1.82, 2.24) is 14.9 Å². The predicted octanol–water partition coefficient (Wildman–Crippen LogP) is 5.45. The van der Waals surface area contributed by atoms with Crippen LogP contribution >= 0.6 is 22.9 Å². The number of thiophene rings is 1. The summed E-state index contributed by atoms with van der Waals surface area (Å²) in [4.78, 5) is 30.2. The van der Waals surface area contributed by atoms with Crippen LogP contribution in [0.3, 0.4) is 0 Å². The topological polar surface area (TPSA) is 49.3 Å². The Morgan fingerprint density at radius 3 is 2.56 bits per heavy atom. The Morgan fingerprint density at radius 1 is 1.00 bits per heavy atom. The van der Waals surface area contributed by atoms with Gasteiger partial charge in [0.1, 0.15) is 16.5 Å². The lowest BCUT2D eigenvalue weighted by Crippen LogP contribution is -2.49. The lowest BCUT2D eigenvalue weighted by Gasteiger charge is -2.36. The first-order valence-corrected chi connectivity index (χ1v) is 13.0. The lowest BCUT2D eigenvalue weighted by molar-refractivity contribution is 0.0747. The zero-order valence-corrected chi connectivity index (χ0v) is 19.7. The molecular weight excluding hydrogens is 440 g/mol. The molecule has 0 atom stereocenters. The number of halogens is 1. The van der Waals surface area contributed by atoms with E-state index in [-0.39, 0.29) is 5.91 Å². The largest absolute Gasteiger partial charge is 0.352 e. The van der Waals surface area contributed by atoms with E-state index in [9.17, 15) is 4.79 Å². The standard InChI is InChI=1S/C25H27ClN4OS/c26-19-8-5-4-6-17(19)25(31)30-14-12-29(13-15-30)23-21-18-7-2-1-3-9-20(18)32-24(21)28-22(27-23)16-10-11-16/h4-6,8,16H,1-3,7,9-15H2. The number of aromatic nitrogens is 2. The summed E-state index contributed by atoms with van der Waals surface area (Å²) in [6, 6.07) is 7.32. The normalized spacial score (nSPS) is 19.2. The Bertz CT molecular complexity index is 1180. The molecule has 1 amide bonds. The fraction of sp³-hybridized carbons (Fsp3) is 0.480. The molecule has 1 saturated heterocycles. The lowest BCUT2D eigenvalue weighted by atomic mass is 10.1. The van der Waals surface area contributed by atoms with Crippen LogP contribution in [0.5, 0.6) is 0 Å². The molecule has 1 aromatic carbocycles. The van der Waals surface area contributed by atoms with E-state index in [4.69, 9.17) is 21.6 Å². The number of carbonyl (C=O) groups is 1. The van der Waals surface area contributed by atoms with Crippen LogP contribution in [0.1, 0.15) is 64.6 Å². The molecule has 166 valence electrons. The Hall–Kier alpha value is -2.18. The number of hydrogen-bond acceptors (Lipinski definition) is 5. The Labute approximate surface area is 197 Å². The first-order chi connectivity index (χ1) is 15.7. The van der Waals surface area contributed by atoms with Crippen molar-refractivity contribution < 1.29 is 4.79 Å². The van der Waals surface area contributed by atoms with Crippen molar-refractivity contribution in [3.05, 3.63) is 51.1 Å². The smallest absolute Gasteiger partial charge is 0.255 e. The number of piperazine rings is 1. The molecule has 5 nitrogen and oxygen atoms in total. The average molecular weight is 467 g/mol. The average Bonchev–Trinajstić information content (AvgIpc) is 3.64. The first kappa shape index (κ1) is 20.4. The number of amides is 1. The van der Waals surface area contributed by atoms with Crippen molar-refractivity contribution in [1.29, 1.82) is 0 Å². The van der Waals surface area contributed by atoms with E-state index in [1.54, 1.807) is 6.07 Å². The molecule has 0 radical (unpaired) electrons. The third-order valence-corrected chi connectivity index (χ3v) is 8.49. The Kier molecular flexibility index (Phi) is 5.30. The van der Waals surface area contributed by atoms with Crippen LogP contribution in [0.4, 0.5) is 5.82 Å². The van der Waals surface area contributed by atoms with Crippen LogP contribution in [-0.2, 0) is 12.8 Å². The van der Waals surface area contributed by atoms with Gasteiger partial charge < -0.3 is 9.80 Å². The molecule has 3 aromatic rings. The molecule has 1 aliphatic heterocycles. The van der Waals surface area contributed by atoms with Gasteiger partial charge in [-0.2, -0.15) is 0 Å². The number of rotatable bonds is 3. The van der Waals surface area contributed by atoms with Gasteiger partial charge in [0, 0.05) is 37.0 Å². The maximum Gasteiger partial charge on any atom is 0.255 e. The molecule has 2 aromatic heterocycles. The molecule has 3 heterocycles. The summed E-state index contributed by atoms with van der Waals surface area (Å²) in [5.41, 5.74) is 2.08.